The van der Waals surface area contributed by atoms with Gasteiger partial charge in [0.15, 0.2) is 0 Å². The smallest absolute Gasteiger partial charge is 0.341 e. The average molecular weight is 227 g/mol. The molecule has 0 bridgehead atoms. The number of carbonyl (C=O) groups excluding carboxylic acids is 1. The maximum Gasteiger partial charge on any atom is 0.341 e. The molecule has 0 aliphatic carbocycles. The zero-order valence-corrected chi connectivity index (χ0v) is 9.98. The van der Waals surface area contributed by atoms with Crippen LogP contribution in [-0.2, 0) is 22.1 Å². The Kier molecular flexibility index (Phi) is 3.66. The quantitative estimate of drug-likeness (QED) is 0.734. The van der Waals surface area contributed by atoms with Gasteiger partial charge in [0.05, 0.1) is 19.0 Å². The van der Waals surface area contributed by atoms with E-state index in [4.69, 9.17) is 10.5 Å². The first-order valence-corrected chi connectivity index (χ1v) is 4.86. The zero-order chi connectivity index (χ0) is 12.3. The molecule has 0 fully saturated rings. The van der Waals surface area contributed by atoms with Crippen molar-refractivity contribution in [2.75, 3.05) is 20.8 Å². The average Bonchev–Trinajstić information content (AvgIpc) is 2.69. The van der Waals surface area contributed by atoms with Crippen LogP contribution in [0.15, 0.2) is 6.20 Å². The third-order valence-corrected chi connectivity index (χ3v) is 2.69. The summed E-state index contributed by atoms with van der Waals surface area (Å²) in [6, 6.07) is 0. The van der Waals surface area contributed by atoms with Gasteiger partial charge in [0, 0.05) is 20.7 Å². The van der Waals surface area contributed by atoms with Crippen molar-refractivity contribution in [1.82, 2.24) is 9.78 Å². The number of ether oxygens (including phenoxy) is 2. The van der Waals surface area contributed by atoms with E-state index in [1.165, 1.54) is 13.3 Å². The van der Waals surface area contributed by atoms with E-state index in [0.717, 1.165) is 0 Å². The van der Waals surface area contributed by atoms with Gasteiger partial charge in [-0.3, -0.25) is 4.68 Å². The molecule has 1 unspecified atom stereocenters. The molecule has 1 rings (SSSR count). The molecule has 90 valence electrons. The summed E-state index contributed by atoms with van der Waals surface area (Å²) in [5, 5.41) is 4.03. The molecule has 0 spiro atoms. The van der Waals surface area contributed by atoms with E-state index in [0.29, 0.717) is 11.3 Å². The first-order chi connectivity index (χ1) is 7.50. The van der Waals surface area contributed by atoms with Crippen LogP contribution in [0.4, 0.5) is 0 Å². The Balaban J connectivity index is 3.31. The van der Waals surface area contributed by atoms with Crippen LogP contribution in [0.3, 0.4) is 0 Å². The molecule has 0 aliphatic rings. The van der Waals surface area contributed by atoms with Crippen molar-refractivity contribution in [3.05, 3.63) is 17.5 Å². The largest absolute Gasteiger partial charge is 0.465 e. The normalized spacial score (nSPS) is 14.6. The molecular weight excluding hydrogens is 210 g/mol. The molecule has 0 aromatic carbocycles. The lowest BCUT2D eigenvalue weighted by Gasteiger charge is -2.27. The van der Waals surface area contributed by atoms with Gasteiger partial charge in [-0.15, -0.1) is 0 Å². The van der Waals surface area contributed by atoms with Crippen LogP contribution in [0.1, 0.15) is 23.0 Å². The van der Waals surface area contributed by atoms with E-state index in [2.05, 4.69) is 9.84 Å². The van der Waals surface area contributed by atoms with Crippen molar-refractivity contribution in [1.29, 1.82) is 0 Å². The molecule has 16 heavy (non-hydrogen) atoms. The fourth-order valence-electron chi connectivity index (χ4n) is 1.60. The number of aryl methyl sites for hydroxylation is 1. The van der Waals surface area contributed by atoms with Gasteiger partial charge in [-0.2, -0.15) is 5.10 Å². The van der Waals surface area contributed by atoms with Crippen LogP contribution < -0.4 is 5.73 Å². The molecule has 0 saturated carbocycles. The van der Waals surface area contributed by atoms with Crippen molar-refractivity contribution in [3.8, 4) is 0 Å². The summed E-state index contributed by atoms with van der Waals surface area (Å²) in [6.45, 7) is 2.05. The summed E-state index contributed by atoms with van der Waals surface area (Å²) in [5.41, 5.74) is 5.90. The van der Waals surface area contributed by atoms with Crippen LogP contribution in [0.25, 0.3) is 0 Å². The Labute approximate surface area is 94.3 Å². The predicted molar refractivity (Wildman–Crippen MR) is 58.0 cm³/mol. The number of esters is 1. The van der Waals surface area contributed by atoms with E-state index in [9.17, 15) is 4.79 Å². The molecule has 1 heterocycles. The number of methoxy groups -OCH3 is 2. The molecule has 6 nitrogen and oxygen atoms in total. The van der Waals surface area contributed by atoms with E-state index in [1.807, 2.05) is 0 Å². The Hall–Kier alpha value is -1.40. The van der Waals surface area contributed by atoms with Crippen molar-refractivity contribution in [3.63, 3.8) is 0 Å². The number of rotatable bonds is 4. The highest BCUT2D eigenvalue weighted by atomic mass is 16.5. The van der Waals surface area contributed by atoms with E-state index in [1.54, 1.807) is 25.8 Å². The zero-order valence-electron chi connectivity index (χ0n) is 9.98. The van der Waals surface area contributed by atoms with Crippen LogP contribution in [0, 0.1) is 0 Å². The van der Waals surface area contributed by atoms with Gasteiger partial charge in [0.1, 0.15) is 11.2 Å². The predicted octanol–water partition coefficient (Wildman–Crippen LogP) is 0.0270. The van der Waals surface area contributed by atoms with Gasteiger partial charge in [-0.1, -0.05) is 0 Å². The molecule has 0 saturated heterocycles. The lowest BCUT2D eigenvalue weighted by Crippen LogP contribution is -2.37. The number of nitrogens with two attached hydrogens (primary N) is 1. The molecule has 1 atom stereocenters. The highest BCUT2D eigenvalue weighted by Crippen LogP contribution is 2.26. The van der Waals surface area contributed by atoms with Crippen molar-refractivity contribution in [2.45, 2.75) is 12.5 Å². The maximum absolute atomic E-state index is 11.6. The van der Waals surface area contributed by atoms with Gasteiger partial charge in [0.25, 0.3) is 0 Å². The first-order valence-electron chi connectivity index (χ1n) is 4.86. The van der Waals surface area contributed by atoms with Crippen LogP contribution in [0.5, 0.6) is 0 Å². The minimum absolute atomic E-state index is 0.243. The third kappa shape index (κ3) is 1.94. The second-order valence-electron chi connectivity index (χ2n) is 3.66. The van der Waals surface area contributed by atoms with E-state index < -0.39 is 11.6 Å². The van der Waals surface area contributed by atoms with Crippen molar-refractivity contribution < 1.29 is 14.3 Å². The summed E-state index contributed by atoms with van der Waals surface area (Å²) >= 11 is 0. The lowest BCUT2D eigenvalue weighted by atomic mass is 9.98. The van der Waals surface area contributed by atoms with Gasteiger partial charge in [0.2, 0.25) is 0 Å². The van der Waals surface area contributed by atoms with Gasteiger partial charge < -0.3 is 15.2 Å². The minimum atomic E-state index is -0.755. The number of carbonyl (C=O) groups is 1. The fourth-order valence-corrected chi connectivity index (χ4v) is 1.60. The topological polar surface area (TPSA) is 79.4 Å². The SMILES string of the molecule is COC(=O)c1cnn(C)c1C(C)(CN)OC. The number of nitrogens with zero attached hydrogens (tertiary/aromatic N) is 2. The van der Waals surface area contributed by atoms with Crippen LogP contribution >= 0.6 is 0 Å². The molecule has 2 N–H and O–H groups in total. The fraction of sp³-hybridized carbons (Fsp3) is 0.600. The molecule has 0 amide bonds. The monoisotopic (exact) mass is 227 g/mol. The summed E-state index contributed by atoms with van der Waals surface area (Å²) in [7, 11) is 4.60. The molecule has 0 aliphatic heterocycles. The van der Waals surface area contributed by atoms with E-state index in [-0.39, 0.29) is 6.54 Å². The molecule has 6 heteroatoms. The highest BCUT2D eigenvalue weighted by molar-refractivity contribution is 5.90. The van der Waals surface area contributed by atoms with Crippen LogP contribution in [0.2, 0.25) is 0 Å². The summed E-state index contributed by atoms with van der Waals surface area (Å²) in [4.78, 5) is 11.6. The Morgan fingerprint density at radius 3 is 2.69 bits per heavy atom. The summed E-state index contributed by atoms with van der Waals surface area (Å²) in [6.07, 6.45) is 1.45. The second kappa shape index (κ2) is 4.63. The maximum atomic E-state index is 11.6. The summed E-state index contributed by atoms with van der Waals surface area (Å²) < 4.78 is 11.6. The summed E-state index contributed by atoms with van der Waals surface area (Å²) in [5.74, 6) is -0.445. The van der Waals surface area contributed by atoms with Crippen LogP contribution in [-0.4, -0.2) is 36.5 Å². The van der Waals surface area contributed by atoms with E-state index >= 15 is 0 Å². The third-order valence-electron chi connectivity index (χ3n) is 2.69. The van der Waals surface area contributed by atoms with Crippen molar-refractivity contribution in [2.24, 2.45) is 12.8 Å². The number of aromatic nitrogens is 2. The standard InChI is InChI=1S/C10H17N3O3/c1-10(6-11,16-4)8-7(9(14)15-3)5-12-13(8)2/h5H,6,11H2,1-4H3. The molecule has 1 aromatic rings. The molecule has 0 radical (unpaired) electrons. The Morgan fingerprint density at radius 2 is 2.25 bits per heavy atom. The number of hydrogen-bond donors (Lipinski definition) is 1. The molecule has 1 aromatic heterocycles. The van der Waals surface area contributed by atoms with Gasteiger partial charge >= 0.3 is 5.97 Å². The number of hydrogen-bond acceptors (Lipinski definition) is 5. The second-order valence-corrected chi connectivity index (χ2v) is 3.66. The lowest BCUT2D eigenvalue weighted by molar-refractivity contribution is 0.00178. The highest BCUT2D eigenvalue weighted by Gasteiger charge is 2.33. The van der Waals surface area contributed by atoms with Crippen molar-refractivity contribution >= 4 is 5.97 Å². The first kappa shape index (κ1) is 12.7. The minimum Gasteiger partial charge on any atom is -0.465 e. The molecular formula is C10H17N3O3. The van der Waals surface area contributed by atoms with Gasteiger partial charge in [-0.25, -0.2) is 4.79 Å². The van der Waals surface area contributed by atoms with Gasteiger partial charge in [-0.05, 0) is 6.92 Å². The Bertz CT molecular complexity index is 383. The Morgan fingerprint density at radius 1 is 1.62 bits per heavy atom.